The summed E-state index contributed by atoms with van der Waals surface area (Å²) in [5.41, 5.74) is 0. The minimum Gasteiger partial charge on any atom is -0.480 e. The molecule has 0 aromatic carbocycles. The lowest BCUT2D eigenvalue weighted by Crippen LogP contribution is -2.52. The second kappa shape index (κ2) is 7.57. The van der Waals surface area contributed by atoms with Gasteiger partial charge < -0.3 is 9.67 Å². The smallest absolute Gasteiger partial charge is 0.329 e. The van der Waals surface area contributed by atoms with Crippen LogP contribution in [0.2, 0.25) is 0 Å². The molecule has 0 heterocycles. The summed E-state index contributed by atoms with van der Waals surface area (Å²) in [5, 5.41) is 19.2. The maximum atomic E-state index is 12.3. The number of amides is 1. The monoisotopic (exact) mass is 334 g/mol. The average molecular weight is 334 g/mol. The minimum absolute atomic E-state index is 0.113. The van der Waals surface area contributed by atoms with Crippen molar-refractivity contribution >= 4 is 19.0 Å². The van der Waals surface area contributed by atoms with Crippen LogP contribution < -0.4 is 0 Å². The second-order valence-electron chi connectivity index (χ2n) is 6.32. The number of carboxylic acid groups (broad SMARTS) is 1. The van der Waals surface area contributed by atoms with Crippen LogP contribution in [-0.4, -0.2) is 69.9 Å². The van der Waals surface area contributed by atoms with E-state index in [9.17, 15) is 19.4 Å². The highest BCUT2D eigenvalue weighted by Crippen LogP contribution is 2.46. The van der Waals surface area contributed by atoms with Gasteiger partial charge in [0.15, 0.2) is 6.04 Å². The van der Waals surface area contributed by atoms with Crippen molar-refractivity contribution in [2.24, 2.45) is 0 Å². The molecule has 8 heteroatoms. The largest absolute Gasteiger partial charge is 0.480 e. The lowest BCUT2D eigenvalue weighted by atomic mass is 9.91. The number of hydrogen-bond donors (Lipinski definition) is 2. The van der Waals surface area contributed by atoms with Crippen LogP contribution in [0.5, 0.6) is 0 Å². The van der Waals surface area contributed by atoms with E-state index in [0.717, 1.165) is 19.3 Å². The molecule has 7 nitrogen and oxygen atoms in total. The number of carbonyl (C=O) groups excluding carboxylic acids is 1. The van der Waals surface area contributed by atoms with E-state index in [2.05, 4.69) is 0 Å². The van der Waals surface area contributed by atoms with E-state index in [-0.39, 0.29) is 24.8 Å². The Morgan fingerprint density at radius 1 is 1.32 bits per heavy atom. The fourth-order valence-corrected chi connectivity index (χ4v) is 3.48. The normalized spacial score (nSPS) is 18.6. The molecule has 0 aromatic heterocycles. The van der Waals surface area contributed by atoms with Gasteiger partial charge in [-0.2, -0.15) is 0 Å². The number of rotatable bonds is 8. The number of hydrogen-bond acceptors (Lipinski definition) is 5. The van der Waals surface area contributed by atoms with E-state index in [1.165, 1.54) is 0 Å². The van der Waals surface area contributed by atoms with E-state index in [4.69, 9.17) is 5.11 Å². The van der Waals surface area contributed by atoms with Gasteiger partial charge in [0.2, 0.25) is 0 Å². The molecule has 0 aliphatic heterocycles. The summed E-state index contributed by atoms with van der Waals surface area (Å²) in [4.78, 5) is 25.1. The van der Waals surface area contributed by atoms with Crippen molar-refractivity contribution in [1.29, 1.82) is 0 Å². The van der Waals surface area contributed by atoms with Gasteiger partial charge in [0, 0.05) is 6.04 Å². The number of nitrogens with zero attached hydrogens (tertiary/aromatic N) is 2. The van der Waals surface area contributed by atoms with Crippen LogP contribution in [0.4, 0.5) is 0 Å². The first-order valence-electron chi connectivity index (χ1n) is 7.63. The number of carbonyl (C=O) groups is 2. The first-order valence-corrected chi connectivity index (χ1v) is 10.3. The highest BCUT2D eigenvalue weighted by Gasteiger charge is 2.37. The molecule has 0 saturated heterocycles. The van der Waals surface area contributed by atoms with Gasteiger partial charge in [-0.15, -0.1) is 0 Å². The first-order chi connectivity index (χ1) is 10.1. The van der Waals surface area contributed by atoms with Crippen molar-refractivity contribution in [1.82, 2.24) is 9.96 Å². The summed E-state index contributed by atoms with van der Waals surface area (Å²) in [6.45, 7) is 6.65. The van der Waals surface area contributed by atoms with Gasteiger partial charge in [0.05, 0.1) is 19.5 Å². The van der Waals surface area contributed by atoms with E-state index in [1.54, 1.807) is 20.3 Å². The maximum Gasteiger partial charge on any atom is 0.329 e. The Labute approximate surface area is 131 Å². The van der Waals surface area contributed by atoms with Crippen LogP contribution in [0.3, 0.4) is 0 Å². The molecule has 0 spiro atoms. The number of aliphatic carboxylic acids is 1. The number of hydroxylamine groups is 2. The summed E-state index contributed by atoms with van der Waals surface area (Å²) < 4.78 is 12.3. The van der Waals surface area contributed by atoms with Crippen LogP contribution in [0.1, 0.15) is 39.5 Å². The molecule has 1 fully saturated rings. The lowest BCUT2D eigenvalue weighted by molar-refractivity contribution is -0.187. The molecular formula is C14H27N2O5P. The Balaban J connectivity index is 2.83. The zero-order chi connectivity index (χ0) is 17.1. The van der Waals surface area contributed by atoms with Crippen LogP contribution in [0.15, 0.2) is 0 Å². The fraction of sp³-hybridized carbons (Fsp3) is 0.857. The quantitative estimate of drug-likeness (QED) is 0.400. The molecule has 2 N–H and O–H groups in total. The molecule has 1 rings (SSSR count). The van der Waals surface area contributed by atoms with Gasteiger partial charge >= 0.3 is 5.97 Å². The van der Waals surface area contributed by atoms with Crippen molar-refractivity contribution in [3.8, 4) is 0 Å². The lowest BCUT2D eigenvalue weighted by Gasteiger charge is -2.42. The van der Waals surface area contributed by atoms with Gasteiger partial charge in [-0.25, -0.2) is 9.86 Å². The summed E-state index contributed by atoms with van der Waals surface area (Å²) >= 11 is 0. The molecule has 0 aromatic rings. The standard InChI is InChI=1S/C14H27N2O5P/c1-5-12(14(18)19)16(20)13(17)9-15(11-7-6-8-11)10(2)22(3,4)21/h10-12,20H,5-9H2,1-4H3,(H,18,19). The summed E-state index contributed by atoms with van der Waals surface area (Å²) in [5.74, 6) is -2.18. The van der Waals surface area contributed by atoms with Crippen molar-refractivity contribution in [3.63, 3.8) is 0 Å². The molecule has 2 unspecified atom stereocenters. The Morgan fingerprint density at radius 3 is 2.18 bits per heavy atom. The second-order valence-corrected chi connectivity index (χ2v) is 9.94. The zero-order valence-electron chi connectivity index (χ0n) is 13.7. The third-order valence-corrected chi connectivity index (χ3v) is 6.56. The molecule has 2 atom stereocenters. The molecule has 22 heavy (non-hydrogen) atoms. The Hall–Kier alpha value is -0.910. The predicted molar refractivity (Wildman–Crippen MR) is 83.6 cm³/mol. The summed E-state index contributed by atoms with van der Waals surface area (Å²) in [6.07, 6.45) is 3.05. The van der Waals surface area contributed by atoms with Crippen LogP contribution in [-0.2, 0) is 14.2 Å². The molecule has 0 bridgehead atoms. The van der Waals surface area contributed by atoms with Crippen molar-refractivity contribution in [2.45, 2.75) is 57.4 Å². The van der Waals surface area contributed by atoms with E-state index < -0.39 is 25.1 Å². The van der Waals surface area contributed by atoms with Crippen molar-refractivity contribution < 1.29 is 24.5 Å². The molecule has 0 radical (unpaired) electrons. The fourth-order valence-electron chi connectivity index (χ4n) is 2.50. The molecule has 1 aliphatic carbocycles. The van der Waals surface area contributed by atoms with Gasteiger partial charge in [0.25, 0.3) is 5.91 Å². The van der Waals surface area contributed by atoms with Crippen LogP contribution in [0, 0.1) is 0 Å². The SMILES string of the molecule is CCC(C(=O)O)N(O)C(=O)CN(C1CCC1)C(C)P(C)(C)=O. The van der Waals surface area contributed by atoms with E-state index in [0.29, 0.717) is 5.06 Å². The van der Waals surface area contributed by atoms with Gasteiger partial charge in [0.1, 0.15) is 0 Å². The highest BCUT2D eigenvalue weighted by molar-refractivity contribution is 7.63. The zero-order valence-corrected chi connectivity index (χ0v) is 14.6. The average Bonchev–Trinajstić information content (AvgIpc) is 2.33. The van der Waals surface area contributed by atoms with E-state index >= 15 is 0 Å². The minimum atomic E-state index is -2.43. The molecule has 128 valence electrons. The van der Waals surface area contributed by atoms with Crippen LogP contribution >= 0.6 is 7.14 Å². The third kappa shape index (κ3) is 4.54. The third-order valence-electron chi connectivity index (χ3n) is 4.46. The van der Waals surface area contributed by atoms with Crippen LogP contribution in [0.25, 0.3) is 0 Å². The van der Waals surface area contributed by atoms with E-state index in [1.807, 2.05) is 11.8 Å². The highest BCUT2D eigenvalue weighted by atomic mass is 31.2. The summed E-state index contributed by atoms with van der Waals surface area (Å²) in [7, 11) is -2.43. The predicted octanol–water partition coefficient (Wildman–Crippen LogP) is 1.89. The van der Waals surface area contributed by atoms with Gasteiger partial charge in [-0.05, 0) is 39.5 Å². The molecular weight excluding hydrogens is 307 g/mol. The summed E-state index contributed by atoms with van der Waals surface area (Å²) in [6, 6.07) is -1.08. The topological polar surface area (TPSA) is 98.2 Å². The van der Waals surface area contributed by atoms with Gasteiger partial charge in [-0.1, -0.05) is 13.3 Å². The van der Waals surface area contributed by atoms with Crippen molar-refractivity contribution in [3.05, 3.63) is 0 Å². The Kier molecular flexibility index (Phi) is 6.59. The molecule has 1 amide bonds. The molecule has 1 aliphatic rings. The first kappa shape index (κ1) is 19.1. The maximum absolute atomic E-state index is 12.3. The number of carboxylic acids is 1. The Morgan fingerprint density at radius 2 is 1.86 bits per heavy atom. The Bertz CT molecular complexity index is 460. The molecule has 1 saturated carbocycles. The van der Waals surface area contributed by atoms with Gasteiger partial charge in [-0.3, -0.25) is 14.9 Å². The van der Waals surface area contributed by atoms with Crippen molar-refractivity contribution in [2.75, 3.05) is 19.9 Å².